The molecule has 2 heterocycles. The van der Waals surface area contributed by atoms with Crippen LogP contribution >= 0.6 is 0 Å². The van der Waals surface area contributed by atoms with Gasteiger partial charge in [-0.1, -0.05) is 31.2 Å². The Morgan fingerprint density at radius 1 is 1.30 bits per heavy atom. The van der Waals surface area contributed by atoms with Gasteiger partial charge in [0.2, 0.25) is 0 Å². The molecule has 1 fully saturated rings. The highest BCUT2D eigenvalue weighted by atomic mass is 16.5. The van der Waals surface area contributed by atoms with Crippen LogP contribution in [0.3, 0.4) is 0 Å². The standard InChI is InChI=1S/C17H23N3O3/c1-3-19-16(15-12(2)8-9-23-15)18-20(17(19)22)10-13-4-6-14(11-21)7-5-13/h4-7,12,15,21H,3,8-11H2,1-2H3/t12-,15+/m1/s1. The summed E-state index contributed by atoms with van der Waals surface area (Å²) in [7, 11) is 0. The van der Waals surface area contributed by atoms with Gasteiger partial charge in [0.15, 0.2) is 5.82 Å². The number of hydrogen-bond donors (Lipinski definition) is 1. The number of rotatable bonds is 5. The molecule has 0 saturated carbocycles. The van der Waals surface area contributed by atoms with Crippen LogP contribution in [0.2, 0.25) is 0 Å². The van der Waals surface area contributed by atoms with Gasteiger partial charge in [-0.2, -0.15) is 5.10 Å². The second kappa shape index (κ2) is 6.68. The maximum absolute atomic E-state index is 12.6. The van der Waals surface area contributed by atoms with Crippen molar-refractivity contribution in [2.45, 2.75) is 46.1 Å². The van der Waals surface area contributed by atoms with Crippen molar-refractivity contribution in [1.82, 2.24) is 14.3 Å². The number of benzene rings is 1. The molecule has 0 spiro atoms. The zero-order chi connectivity index (χ0) is 16.4. The normalized spacial score (nSPS) is 21.0. The summed E-state index contributed by atoms with van der Waals surface area (Å²) in [5, 5.41) is 13.6. The summed E-state index contributed by atoms with van der Waals surface area (Å²) in [4.78, 5) is 12.6. The Morgan fingerprint density at radius 3 is 2.57 bits per heavy atom. The molecule has 124 valence electrons. The average molecular weight is 317 g/mol. The summed E-state index contributed by atoms with van der Waals surface area (Å²) in [6.45, 7) is 5.84. The molecule has 1 saturated heterocycles. The van der Waals surface area contributed by atoms with Gasteiger partial charge in [-0.05, 0) is 30.4 Å². The number of nitrogens with zero attached hydrogens (tertiary/aromatic N) is 3. The monoisotopic (exact) mass is 317 g/mol. The first-order valence-electron chi connectivity index (χ1n) is 8.11. The lowest BCUT2D eigenvalue weighted by Gasteiger charge is -2.13. The first-order valence-corrected chi connectivity index (χ1v) is 8.11. The fourth-order valence-electron chi connectivity index (χ4n) is 3.02. The predicted molar refractivity (Wildman–Crippen MR) is 86.1 cm³/mol. The lowest BCUT2D eigenvalue weighted by atomic mass is 10.0. The molecule has 2 atom stereocenters. The lowest BCUT2D eigenvalue weighted by Crippen LogP contribution is -2.26. The van der Waals surface area contributed by atoms with Gasteiger partial charge in [-0.25, -0.2) is 9.48 Å². The number of aliphatic hydroxyl groups is 1. The van der Waals surface area contributed by atoms with Crippen LogP contribution in [0, 0.1) is 5.92 Å². The number of hydrogen-bond acceptors (Lipinski definition) is 4. The SMILES string of the molecule is CCn1c([C@H]2OCC[C@H]2C)nn(Cc2ccc(CO)cc2)c1=O. The molecular weight excluding hydrogens is 294 g/mol. The van der Waals surface area contributed by atoms with Crippen LogP contribution < -0.4 is 5.69 Å². The van der Waals surface area contributed by atoms with E-state index in [0.29, 0.717) is 19.0 Å². The maximum atomic E-state index is 12.6. The number of aliphatic hydroxyl groups excluding tert-OH is 1. The van der Waals surface area contributed by atoms with Crippen molar-refractivity contribution in [3.8, 4) is 0 Å². The molecule has 0 bridgehead atoms. The Labute approximate surface area is 135 Å². The second-order valence-corrected chi connectivity index (χ2v) is 6.07. The largest absolute Gasteiger partial charge is 0.392 e. The first-order chi connectivity index (χ1) is 11.1. The molecule has 1 aliphatic heterocycles. The van der Waals surface area contributed by atoms with E-state index in [1.165, 1.54) is 4.68 Å². The lowest BCUT2D eigenvalue weighted by molar-refractivity contribution is 0.0836. The van der Waals surface area contributed by atoms with E-state index in [-0.39, 0.29) is 18.4 Å². The molecule has 3 rings (SSSR count). The topological polar surface area (TPSA) is 69.3 Å². The molecular formula is C17H23N3O3. The van der Waals surface area contributed by atoms with Crippen molar-refractivity contribution in [3.05, 3.63) is 51.7 Å². The van der Waals surface area contributed by atoms with Crippen molar-refractivity contribution in [2.75, 3.05) is 6.61 Å². The highest BCUT2D eigenvalue weighted by Crippen LogP contribution is 2.32. The van der Waals surface area contributed by atoms with E-state index < -0.39 is 0 Å². The molecule has 23 heavy (non-hydrogen) atoms. The molecule has 1 N–H and O–H groups in total. The molecule has 0 aliphatic carbocycles. The summed E-state index contributed by atoms with van der Waals surface area (Å²) in [6, 6.07) is 7.55. The van der Waals surface area contributed by atoms with Gasteiger partial charge in [0, 0.05) is 13.2 Å². The first kappa shape index (κ1) is 16.0. The molecule has 0 amide bonds. The van der Waals surface area contributed by atoms with E-state index in [1.807, 2.05) is 31.2 Å². The third kappa shape index (κ3) is 3.09. The van der Waals surface area contributed by atoms with E-state index in [0.717, 1.165) is 30.0 Å². The molecule has 6 heteroatoms. The van der Waals surface area contributed by atoms with Crippen LogP contribution in [-0.4, -0.2) is 26.1 Å². The molecule has 1 aromatic carbocycles. The van der Waals surface area contributed by atoms with Gasteiger partial charge in [0.25, 0.3) is 0 Å². The van der Waals surface area contributed by atoms with Crippen molar-refractivity contribution in [2.24, 2.45) is 5.92 Å². The Kier molecular flexibility index (Phi) is 4.63. The minimum Gasteiger partial charge on any atom is -0.392 e. The summed E-state index contributed by atoms with van der Waals surface area (Å²) in [6.07, 6.45) is 0.901. The quantitative estimate of drug-likeness (QED) is 0.911. The van der Waals surface area contributed by atoms with Crippen molar-refractivity contribution in [1.29, 1.82) is 0 Å². The molecule has 0 radical (unpaired) electrons. The fourth-order valence-corrected chi connectivity index (χ4v) is 3.02. The highest BCUT2D eigenvalue weighted by molar-refractivity contribution is 5.22. The van der Waals surface area contributed by atoms with Crippen LogP contribution in [0.1, 0.15) is 43.3 Å². The third-order valence-electron chi connectivity index (χ3n) is 4.45. The zero-order valence-electron chi connectivity index (χ0n) is 13.6. The summed E-state index contributed by atoms with van der Waals surface area (Å²) >= 11 is 0. The Morgan fingerprint density at radius 2 is 2.00 bits per heavy atom. The van der Waals surface area contributed by atoms with Crippen molar-refractivity contribution in [3.63, 3.8) is 0 Å². The minimum atomic E-state index is -0.101. The smallest absolute Gasteiger partial charge is 0.346 e. The van der Waals surface area contributed by atoms with Crippen LogP contribution in [0.4, 0.5) is 0 Å². The molecule has 1 aliphatic rings. The Bertz CT molecular complexity index is 718. The van der Waals surface area contributed by atoms with Gasteiger partial charge in [-0.3, -0.25) is 4.57 Å². The highest BCUT2D eigenvalue weighted by Gasteiger charge is 2.31. The van der Waals surface area contributed by atoms with E-state index in [9.17, 15) is 4.79 Å². The van der Waals surface area contributed by atoms with E-state index in [1.54, 1.807) is 4.57 Å². The van der Waals surface area contributed by atoms with Crippen LogP contribution in [0.5, 0.6) is 0 Å². The van der Waals surface area contributed by atoms with E-state index in [4.69, 9.17) is 9.84 Å². The molecule has 6 nitrogen and oxygen atoms in total. The van der Waals surface area contributed by atoms with Gasteiger partial charge in [-0.15, -0.1) is 0 Å². The van der Waals surface area contributed by atoms with E-state index in [2.05, 4.69) is 12.0 Å². The predicted octanol–water partition coefficient (Wildman–Crippen LogP) is 1.70. The van der Waals surface area contributed by atoms with Gasteiger partial charge < -0.3 is 9.84 Å². The van der Waals surface area contributed by atoms with Crippen LogP contribution in [0.15, 0.2) is 29.1 Å². The van der Waals surface area contributed by atoms with Crippen molar-refractivity contribution >= 4 is 0 Å². The molecule has 1 aromatic heterocycles. The van der Waals surface area contributed by atoms with Crippen LogP contribution in [-0.2, 0) is 24.4 Å². The Hall–Kier alpha value is -1.92. The third-order valence-corrected chi connectivity index (χ3v) is 4.45. The maximum Gasteiger partial charge on any atom is 0.346 e. The van der Waals surface area contributed by atoms with Gasteiger partial charge in [0.1, 0.15) is 6.10 Å². The molecule has 0 unspecified atom stereocenters. The summed E-state index contributed by atoms with van der Waals surface area (Å²) in [5.41, 5.74) is 1.74. The summed E-state index contributed by atoms with van der Waals surface area (Å²) < 4.78 is 8.98. The average Bonchev–Trinajstić information content (AvgIpc) is 3.12. The molecule has 2 aromatic rings. The van der Waals surface area contributed by atoms with Gasteiger partial charge >= 0.3 is 5.69 Å². The van der Waals surface area contributed by atoms with Gasteiger partial charge in [0.05, 0.1) is 13.2 Å². The minimum absolute atomic E-state index is 0.0196. The fraction of sp³-hybridized carbons (Fsp3) is 0.529. The zero-order valence-corrected chi connectivity index (χ0v) is 13.6. The number of aromatic nitrogens is 3. The second-order valence-electron chi connectivity index (χ2n) is 6.07. The Balaban J connectivity index is 1.90. The summed E-state index contributed by atoms with van der Waals surface area (Å²) in [5.74, 6) is 1.11. The van der Waals surface area contributed by atoms with E-state index >= 15 is 0 Å². The van der Waals surface area contributed by atoms with Crippen molar-refractivity contribution < 1.29 is 9.84 Å². The number of ether oxygens (including phenoxy) is 1. The van der Waals surface area contributed by atoms with Crippen LogP contribution in [0.25, 0.3) is 0 Å².